The monoisotopic (exact) mass is 244 g/mol. The number of carbonyl (C=O) groups excluding carboxylic acids is 1. The van der Waals surface area contributed by atoms with Gasteiger partial charge in [-0.1, -0.05) is 12.1 Å². The summed E-state index contributed by atoms with van der Waals surface area (Å²) in [5.74, 6) is -0.0436. The van der Waals surface area contributed by atoms with Gasteiger partial charge in [0.1, 0.15) is 6.61 Å². The Bertz CT molecular complexity index is 505. The van der Waals surface area contributed by atoms with Crippen LogP contribution < -0.4 is 4.90 Å². The minimum atomic E-state index is -0.187. The summed E-state index contributed by atoms with van der Waals surface area (Å²) in [7, 11) is 0. The lowest BCUT2D eigenvalue weighted by Crippen LogP contribution is -2.47. The lowest BCUT2D eigenvalue weighted by atomic mass is 10.1. The van der Waals surface area contributed by atoms with Crippen molar-refractivity contribution in [3.05, 3.63) is 29.3 Å². The Morgan fingerprint density at radius 3 is 3.00 bits per heavy atom. The number of rotatable bonds is 2. The van der Waals surface area contributed by atoms with Crippen LogP contribution in [0.4, 0.5) is 5.69 Å². The van der Waals surface area contributed by atoms with Crippen molar-refractivity contribution < 1.29 is 9.53 Å². The summed E-state index contributed by atoms with van der Waals surface area (Å²) >= 11 is 0. The molecule has 0 N–H and O–H groups in total. The van der Waals surface area contributed by atoms with Crippen LogP contribution in [-0.4, -0.2) is 25.2 Å². The van der Waals surface area contributed by atoms with E-state index in [1.807, 2.05) is 32.0 Å². The van der Waals surface area contributed by atoms with Crippen molar-refractivity contribution in [3.8, 4) is 6.07 Å². The maximum atomic E-state index is 11.9. The molecule has 1 heterocycles. The zero-order chi connectivity index (χ0) is 13.1. The smallest absolute Gasteiger partial charge is 0.253 e. The van der Waals surface area contributed by atoms with E-state index >= 15 is 0 Å². The van der Waals surface area contributed by atoms with E-state index in [-0.39, 0.29) is 18.6 Å². The summed E-state index contributed by atoms with van der Waals surface area (Å²) in [4.78, 5) is 13.7. The second-order valence-corrected chi connectivity index (χ2v) is 4.59. The molecular formula is C14H16N2O2. The van der Waals surface area contributed by atoms with Gasteiger partial charge in [-0.15, -0.1) is 0 Å². The summed E-state index contributed by atoms with van der Waals surface area (Å²) in [6, 6.07) is 8.12. The van der Waals surface area contributed by atoms with Gasteiger partial charge in [-0.05, 0) is 31.0 Å². The first-order valence-electron chi connectivity index (χ1n) is 5.98. The molecule has 18 heavy (non-hydrogen) atoms. The van der Waals surface area contributed by atoms with Crippen molar-refractivity contribution in [1.29, 1.82) is 5.26 Å². The van der Waals surface area contributed by atoms with Crippen LogP contribution in [0.2, 0.25) is 0 Å². The van der Waals surface area contributed by atoms with Crippen molar-refractivity contribution in [2.45, 2.75) is 26.4 Å². The van der Waals surface area contributed by atoms with E-state index in [0.717, 1.165) is 16.8 Å². The average molecular weight is 244 g/mol. The van der Waals surface area contributed by atoms with Gasteiger partial charge < -0.3 is 9.64 Å². The number of hydrogen-bond acceptors (Lipinski definition) is 3. The van der Waals surface area contributed by atoms with Crippen LogP contribution in [0.1, 0.15) is 17.5 Å². The molecule has 0 aliphatic carbocycles. The molecule has 1 unspecified atom stereocenters. The molecule has 1 aromatic carbocycles. The Kier molecular flexibility index (Phi) is 3.63. The van der Waals surface area contributed by atoms with Gasteiger partial charge in [0.25, 0.3) is 5.91 Å². The van der Waals surface area contributed by atoms with Crippen LogP contribution in [-0.2, 0) is 9.53 Å². The van der Waals surface area contributed by atoms with Gasteiger partial charge in [0.05, 0.1) is 25.1 Å². The molecule has 94 valence electrons. The minimum Gasteiger partial charge on any atom is -0.365 e. The fraction of sp³-hybridized carbons (Fsp3) is 0.429. The standard InChI is InChI=1S/C14H16N2O2/c1-10-3-4-11(2)13(7-10)16-8-12(5-6-15)18-9-14(16)17/h3-4,7,12H,5,8-9H2,1-2H3. The number of aryl methyl sites for hydroxylation is 2. The third kappa shape index (κ3) is 2.52. The number of nitriles is 1. The highest BCUT2D eigenvalue weighted by atomic mass is 16.5. The first-order chi connectivity index (χ1) is 8.61. The second kappa shape index (κ2) is 5.19. The van der Waals surface area contributed by atoms with Crippen molar-refractivity contribution in [2.75, 3.05) is 18.1 Å². The molecule has 2 rings (SSSR count). The van der Waals surface area contributed by atoms with Crippen LogP contribution in [0.25, 0.3) is 0 Å². The van der Waals surface area contributed by atoms with Crippen LogP contribution in [0.3, 0.4) is 0 Å². The number of carbonyl (C=O) groups is 1. The molecule has 1 fully saturated rings. The highest BCUT2D eigenvalue weighted by Gasteiger charge is 2.28. The zero-order valence-electron chi connectivity index (χ0n) is 10.6. The lowest BCUT2D eigenvalue weighted by molar-refractivity contribution is -0.129. The van der Waals surface area contributed by atoms with Gasteiger partial charge >= 0.3 is 0 Å². The molecule has 0 saturated carbocycles. The number of anilines is 1. The minimum absolute atomic E-state index is 0.0436. The van der Waals surface area contributed by atoms with Crippen molar-refractivity contribution in [2.24, 2.45) is 0 Å². The lowest BCUT2D eigenvalue weighted by Gasteiger charge is -2.32. The fourth-order valence-electron chi connectivity index (χ4n) is 2.09. The molecule has 0 aromatic heterocycles. The van der Waals surface area contributed by atoms with E-state index in [1.54, 1.807) is 4.90 Å². The summed E-state index contributed by atoms with van der Waals surface area (Å²) in [5, 5.41) is 8.71. The van der Waals surface area contributed by atoms with Crippen LogP contribution >= 0.6 is 0 Å². The molecule has 0 radical (unpaired) electrons. The number of amides is 1. The number of benzene rings is 1. The van der Waals surface area contributed by atoms with E-state index in [0.29, 0.717) is 13.0 Å². The van der Waals surface area contributed by atoms with Gasteiger partial charge in [-0.3, -0.25) is 4.79 Å². The highest BCUT2D eigenvalue weighted by molar-refractivity contribution is 5.95. The van der Waals surface area contributed by atoms with Gasteiger partial charge in [0.2, 0.25) is 0 Å². The highest BCUT2D eigenvalue weighted by Crippen LogP contribution is 2.24. The number of hydrogen-bond donors (Lipinski definition) is 0. The SMILES string of the molecule is Cc1ccc(C)c(N2CC(CC#N)OCC2=O)c1. The van der Waals surface area contributed by atoms with Gasteiger partial charge in [-0.25, -0.2) is 0 Å². The van der Waals surface area contributed by atoms with Crippen molar-refractivity contribution in [1.82, 2.24) is 0 Å². The molecule has 4 nitrogen and oxygen atoms in total. The Labute approximate surface area is 107 Å². The summed E-state index contributed by atoms with van der Waals surface area (Å²) in [5.41, 5.74) is 3.10. The molecule has 1 saturated heterocycles. The number of ether oxygens (including phenoxy) is 1. The molecule has 4 heteroatoms. The van der Waals surface area contributed by atoms with E-state index in [1.165, 1.54) is 0 Å². The third-order valence-electron chi connectivity index (χ3n) is 3.10. The van der Waals surface area contributed by atoms with Gasteiger partial charge in [0, 0.05) is 5.69 Å². The van der Waals surface area contributed by atoms with Crippen LogP contribution in [0, 0.1) is 25.2 Å². The molecule has 1 amide bonds. The Morgan fingerprint density at radius 2 is 2.28 bits per heavy atom. The van der Waals surface area contributed by atoms with Gasteiger partial charge in [0.15, 0.2) is 0 Å². The van der Waals surface area contributed by atoms with E-state index in [9.17, 15) is 4.79 Å². The Hall–Kier alpha value is -1.86. The molecule has 1 aliphatic rings. The summed E-state index contributed by atoms with van der Waals surface area (Å²) in [6.07, 6.45) is 0.127. The zero-order valence-corrected chi connectivity index (χ0v) is 10.6. The molecule has 1 aliphatic heterocycles. The normalized spacial score (nSPS) is 19.7. The van der Waals surface area contributed by atoms with Crippen LogP contribution in [0.5, 0.6) is 0 Å². The summed E-state index contributed by atoms with van der Waals surface area (Å²) < 4.78 is 5.34. The number of morpholine rings is 1. The first kappa shape index (κ1) is 12.6. The molecule has 1 aromatic rings. The van der Waals surface area contributed by atoms with E-state index in [2.05, 4.69) is 6.07 Å². The average Bonchev–Trinajstić information content (AvgIpc) is 2.35. The van der Waals surface area contributed by atoms with E-state index < -0.39 is 0 Å². The maximum absolute atomic E-state index is 11.9. The molecule has 0 spiro atoms. The topological polar surface area (TPSA) is 53.3 Å². The van der Waals surface area contributed by atoms with E-state index in [4.69, 9.17) is 10.00 Å². The predicted molar refractivity (Wildman–Crippen MR) is 68.2 cm³/mol. The molecule has 1 atom stereocenters. The fourth-order valence-corrected chi connectivity index (χ4v) is 2.09. The Balaban J connectivity index is 2.27. The maximum Gasteiger partial charge on any atom is 0.253 e. The third-order valence-corrected chi connectivity index (χ3v) is 3.10. The predicted octanol–water partition coefficient (Wildman–Crippen LogP) is 1.95. The number of nitrogens with zero attached hydrogens (tertiary/aromatic N) is 2. The first-order valence-corrected chi connectivity index (χ1v) is 5.98. The largest absolute Gasteiger partial charge is 0.365 e. The summed E-state index contributed by atoms with van der Waals surface area (Å²) in [6.45, 7) is 4.49. The Morgan fingerprint density at radius 1 is 1.50 bits per heavy atom. The van der Waals surface area contributed by atoms with Gasteiger partial charge in [-0.2, -0.15) is 5.26 Å². The van der Waals surface area contributed by atoms with Crippen molar-refractivity contribution >= 4 is 11.6 Å². The molecular weight excluding hydrogens is 228 g/mol. The van der Waals surface area contributed by atoms with Crippen molar-refractivity contribution in [3.63, 3.8) is 0 Å². The molecule has 0 bridgehead atoms. The quantitative estimate of drug-likeness (QED) is 0.799. The van der Waals surface area contributed by atoms with Crippen LogP contribution in [0.15, 0.2) is 18.2 Å². The second-order valence-electron chi connectivity index (χ2n) is 4.59.